The molecule has 0 unspecified atom stereocenters. The second-order valence-electron chi connectivity index (χ2n) is 4.84. The van der Waals surface area contributed by atoms with Crippen LogP contribution >= 0.6 is 0 Å². The fraction of sp³-hybridized carbons (Fsp3) is 0.118. The lowest BCUT2D eigenvalue weighted by molar-refractivity contribution is 0.101. The number of carbonyl (C=O) groups is 1. The molecule has 22 heavy (non-hydrogen) atoms. The van der Waals surface area contributed by atoms with Crippen LogP contribution in [-0.4, -0.2) is 22.9 Å². The zero-order chi connectivity index (χ0) is 15.5. The van der Waals surface area contributed by atoms with Gasteiger partial charge in [0.2, 0.25) is 0 Å². The van der Waals surface area contributed by atoms with Crippen molar-refractivity contribution in [3.8, 4) is 5.75 Å². The molecule has 5 nitrogen and oxygen atoms in total. The number of carbonyl (C=O) groups excluding carboxylic acids is 1. The summed E-state index contributed by atoms with van der Waals surface area (Å²) in [7, 11) is 1.59. The Bertz CT molecular complexity index is 841. The summed E-state index contributed by atoms with van der Waals surface area (Å²) < 4.78 is 5.35. The molecule has 0 amide bonds. The topological polar surface area (TPSA) is 64.1 Å². The summed E-state index contributed by atoms with van der Waals surface area (Å²) in [5, 5.41) is 4.14. The number of methoxy groups -OCH3 is 1. The molecule has 0 atom stereocenters. The lowest BCUT2D eigenvalue weighted by atomic mass is 10.1. The summed E-state index contributed by atoms with van der Waals surface area (Å²) in [6.45, 7) is 1.53. The molecule has 0 aliphatic heterocycles. The van der Waals surface area contributed by atoms with Gasteiger partial charge in [-0.3, -0.25) is 4.79 Å². The Kier molecular flexibility index (Phi) is 3.70. The van der Waals surface area contributed by atoms with Gasteiger partial charge in [-0.2, -0.15) is 0 Å². The van der Waals surface area contributed by atoms with E-state index in [0.29, 0.717) is 22.8 Å². The Hall–Kier alpha value is -2.95. The number of rotatable bonds is 4. The number of ether oxygens (including phenoxy) is 1. The van der Waals surface area contributed by atoms with E-state index in [0.717, 1.165) is 10.9 Å². The third-order valence-corrected chi connectivity index (χ3v) is 3.40. The van der Waals surface area contributed by atoms with E-state index >= 15 is 0 Å². The maximum absolute atomic E-state index is 11.6. The molecule has 0 radical (unpaired) electrons. The summed E-state index contributed by atoms with van der Waals surface area (Å²) in [6, 6.07) is 13.0. The Morgan fingerprint density at radius 3 is 2.73 bits per heavy atom. The van der Waals surface area contributed by atoms with E-state index in [1.807, 2.05) is 24.3 Å². The Balaban J connectivity index is 2.08. The molecule has 1 N–H and O–H groups in total. The van der Waals surface area contributed by atoms with Crippen molar-refractivity contribution in [2.24, 2.45) is 0 Å². The third-order valence-electron chi connectivity index (χ3n) is 3.40. The Labute approximate surface area is 128 Å². The van der Waals surface area contributed by atoms with E-state index in [4.69, 9.17) is 4.74 Å². The van der Waals surface area contributed by atoms with Crippen molar-refractivity contribution in [3.05, 3.63) is 54.4 Å². The Morgan fingerprint density at radius 2 is 1.95 bits per heavy atom. The maximum atomic E-state index is 11.6. The van der Waals surface area contributed by atoms with Gasteiger partial charge in [0.05, 0.1) is 18.3 Å². The van der Waals surface area contributed by atoms with Crippen LogP contribution in [0.4, 0.5) is 11.5 Å². The number of anilines is 2. The highest BCUT2D eigenvalue weighted by Crippen LogP contribution is 2.30. The Morgan fingerprint density at radius 1 is 1.14 bits per heavy atom. The fourth-order valence-corrected chi connectivity index (χ4v) is 2.26. The lowest BCUT2D eigenvalue weighted by Gasteiger charge is -2.13. The first-order chi connectivity index (χ1) is 10.7. The van der Waals surface area contributed by atoms with Gasteiger partial charge in [-0.25, -0.2) is 9.97 Å². The van der Waals surface area contributed by atoms with Crippen molar-refractivity contribution in [2.75, 3.05) is 12.4 Å². The van der Waals surface area contributed by atoms with Crippen molar-refractivity contribution >= 4 is 28.2 Å². The van der Waals surface area contributed by atoms with Gasteiger partial charge in [-0.15, -0.1) is 0 Å². The monoisotopic (exact) mass is 293 g/mol. The predicted molar refractivity (Wildman–Crippen MR) is 85.8 cm³/mol. The quantitative estimate of drug-likeness (QED) is 0.745. The van der Waals surface area contributed by atoms with Crippen LogP contribution in [0.3, 0.4) is 0 Å². The van der Waals surface area contributed by atoms with Crippen LogP contribution in [-0.2, 0) is 0 Å². The minimum absolute atomic E-state index is 0.00162. The molecule has 0 saturated heterocycles. The summed E-state index contributed by atoms with van der Waals surface area (Å²) in [5.41, 5.74) is 2.16. The number of nitrogens with one attached hydrogen (secondary N) is 1. The second kappa shape index (κ2) is 5.81. The average Bonchev–Trinajstić information content (AvgIpc) is 2.55. The lowest BCUT2D eigenvalue weighted by Crippen LogP contribution is -2.01. The number of para-hydroxylation sites is 1. The van der Waals surface area contributed by atoms with Crippen molar-refractivity contribution in [3.63, 3.8) is 0 Å². The number of benzene rings is 2. The minimum atomic E-state index is -0.00162. The molecule has 110 valence electrons. The summed E-state index contributed by atoms with van der Waals surface area (Å²) >= 11 is 0. The molecule has 0 spiro atoms. The molecule has 5 heteroatoms. The molecule has 0 fully saturated rings. The smallest absolute Gasteiger partial charge is 0.159 e. The molecule has 3 rings (SSSR count). The molecule has 3 aromatic rings. The largest absolute Gasteiger partial charge is 0.495 e. The predicted octanol–water partition coefficient (Wildman–Crippen LogP) is 3.58. The van der Waals surface area contributed by atoms with Crippen molar-refractivity contribution < 1.29 is 9.53 Å². The third kappa shape index (κ3) is 2.61. The van der Waals surface area contributed by atoms with E-state index in [2.05, 4.69) is 15.3 Å². The number of nitrogens with zero attached hydrogens (tertiary/aromatic N) is 2. The summed E-state index contributed by atoms with van der Waals surface area (Å²) in [6.07, 6.45) is 1.51. The molecular weight excluding hydrogens is 278 g/mol. The SMILES string of the molecule is COc1ccc(C(C)=O)cc1Nc1ncnc2ccccc12. The first-order valence-corrected chi connectivity index (χ1v) is 6.85. The van der Waals surface area contributed by atoms with E-state index < -0.39 is 0 Å². The van der Waals surface area contributed by atoms with Crippen LogP contribution in [0.15, 0.2) is 48.8 Å². The van der Waals surface area contributed by atoms with Gasteiger partial charge >= 0.3 is 0 Å². The van der Waals surface area contributed by atoms with Crippen LogP contribution in [0.2, 0.25) is 0 Å². The molecular formula is C17H15N3O2. The molecule has 0 bridgehead atoms. The first-order valence-electron chi connectivity index (χ1n) is 6.85. The molecule has 2 aromatic carbocycles. The highest BCUT2D eigenvalue weighted by molar-refractivity contribution is 5.96. The van der Waals surface area contributed by atoms with E-state index in [9.17, 15) is 4.79 Å². The van der Waals surface area contributed by atoms with Gasteiger partial charge in [0.25, 0.3) is 0 Å². The van der Waals surface area contributed by atoms with Crippen LogP contribution in [0.25, 0.3) is 10.9 Å². The highest BCUT2D eigenvalue weighted by Gasteiger charge is 2.10. The molecule has 1 heterocycles. The van der Waals surface area contributed by atoms with E-state index in [1.54, 1.807) is 25.3 Å². The number of hydrogen-bond acceptors (Lipinski definition) is 5. The molecule has 0 aliphatic carbocycles. The normalized spacial score (nSPS) is 10.5. The zero-order valence-electron chi connectivity index (χ0n) is 12.3. The maximum Gasteiger partial charge on any atom is 0.159 e. The number of aromatic nitrogens is 2. The van der Waals surface area contributed by atoms with Crippen LogP contribution in [0, 0.1) is 0 Å². The van der Waals surface area contributed by atoms with Crippen molar-refractivity contribution in [2.45, 2.75) is 6.92 Å². The fourth-order valence-electron chi connectivity index (χ4n) is 2.26. The molecule has 0 aliphatic rings. The van der Waals surface area contributed by atoms with Gasteiger partial charge < -0.3 is 10.1 Å². The number of Topliss-reactive ketones (excluding diaryl/α,β-unsaturated/α-hetero) is 1. The van der Waals surface area contributed by atoms with Crippen molar-refractivity contribution in [1.82, 2.24) is 9.97 Å². The summed E-state index contributed by atoms with van der Waals surface area (Å²) in [4.78, 5) is 20.1. The summed E-state index contributed by atoms with van der Waals surface area (Å²) in [5.74, 6) is 1.32. The second-order valence-corrected chi connectivity index (χ2v) is 4.84. The van der Waals surface area contributed by atoms with Gasteiger partial charge in [-0.05, 0) is 37.3 Å². The minimum Gasteiger partial charge on any atom is -0.495 e. The number of hydrogen-bond donors (Lipinski definition) is 1. The van der Waals surface area contributed by atoms with Gasteiger partial charge in [-0.1, -0.05) is 12.1 Å². The number of fused-ring (bicyclic) bond motifs is 1. The van der Waals surface area contributed by atoms with Crippen LogP contribution in [0.1, 0.15) is 17.3 Å². The van der Waals surface area contributed by atoms with E-state index in [1.165, 1.54) is 13.3 Å². The number of ketones is 1. The van der Waals surface area contributed by atoms with Crippen LogP contribution in [0.5, 0.6) is 5.75 Å². The van der Waals surface area contributed by atoms with E-state index in [-0.39, 0.29) is 5.78 Å². The zero-order valence-corrected chi connectivity index (χ0v) is 12.3. The van der Waals surface area contributed by atoms with Crippen LogP contribution < -0.4 is 10.1 Å². The average molecular weight is 293 g/mol. The first kappa shape index (κ1) is 14.0. The highest BCUT2D eigenvalue weighted by atomic mass is 16.5. The van der Waals surface area contributed by atoms with Gasteiger partial charge in [0.15, 0.2) is 5.78 Å². The molecule has 0 saturated carbocycles. The standard InChI is InChI=1S/C17H15N3O2/c1-11(21)12-7-8-16(22-2)15(9-12)20-17-13-5-3-4-6-14(13)18-10-19-17/h3-10H,1-2H3,(H,18,19,20). The van der Waals surface area contributed by atoms with Gasteiger partial charge in [0, 0.05) is 10.9 Å². The molecule has 1 aromatic heterocycles. The van der Waals surface area contributed by atoms with Crippen molar-refractivity contribution in [1.29, 1.82) is 0 Å². The van der Waals surface area contributed by atoms with Gasteiger partial charge in [0.1, 0.15) is 17.9 Å².